The van der Waals surface area contributed by atoms with Gasteiger partial charge in [-0.05, 0) is 45.7 Å². The highest BCUT2D eigenvalue weighted by Crippen LogP contribution is 2.38. The number of rotatable bonds is 4. The lowest BCUT2D eigenvalue weighted by atomic mass is 9.87. The maximum Gasteiger partial charge on any atom is 0.192 e. The van der Waals surface area contributed by atoms with Gasteiger partial charge in [-0.3, -0.25) is 4.98 Å². The smallest absolute Gasteiger partial charge is 0.192 e. The lowest BCUT2D eigenvalue weighted by Crippen LogP contribution is -2.43. The van der Waals surface area contributed by atoms with Gasteiger partial charge in [-0.15, -0.1) is 0 Å². The van der Waals surface area contributed by atoms with Gasteiger partial charge >= 0.3 is 0 Å². The molecule has 0 unspecified atom stereocenters. The van der Waals surface area contributed by atoms with Crippen molar-refractivity contribution in [3.8, 4) is 0 Å². The highest BCUT2D eigenvalue weighted by Gasteiger charge is 2.38. The molecule has 1 aromatic rings. The Hall–Kier alpha value is -0.193. The Bertz CT molecular complexity index is 438. The molecule has 0 fully saturated rings. The molecule has 0 aliphatic rings. The van der Waals surface area contributed by atoms with Gasteiger partial charge < -0.3 is 4.43 Å². The molecule has 1 aromatic heterocycles. The van der Waals surface area contributed by atoms with E-state index in [1.165, 1.54) is 5.56 Å². The predicted molar refractivity (Wildman–Crippen MR) is 88.1 cm³/mol. The fraction of sp³-hybridized carbons (Fsp3) is 0.667. The minimum Gasteiger partial charge on any atom is -0.416 e. The molecule has 4 heteroatoms. The third-order valence-corrected chi connectivity index (χ3v) is 9.00. The van der Waals surface area contributed by atoms with Crippen LogP contribution >= 0.6 is 15.9 Å². The van der Waals surface area contributed by atoms with Crippen LogP contribution in [0.3, 0.4) is 0 Å². The van der Waals surface area contributed by atoms with Crippen LogP contribution in [0, 0.1) is 0 Å². The molecule has 0 spiro atoms. The SMILES string of the molecule is CC(C)(CO[Si](C)(C)C(C)(C)C)c1cncc(Br)c1. The molecule has 0 bridgehead atoms. The molecule has 0 atom stereocenters. The molecular weight excluding hydrogens is 318 g/mol. The van der Waals surface area contributed by atoms with E-state index in [1.807, 2.05) is 12.4 Å². The molecule has 0 N–H and O–H groups in total. The molecule has 0 amide bonds. The Kier molecular flexibility index (Phi) is 5.02. The highest BCUT2D eigenvalue weighted by molar-refractivity contribution is 9.10. The lowest BCUT2D eigenvalue weighted by molar-refractivity contribution is 0.220. The number of halogens is 1. The zero-order valence-corrected chi connectivity index (χ0v) is 15.8. The zero-order valence-electron chi connectivity index (χ0n) is 13.2. The van der Waals surface area contributed by atoms with E-state index in [4.69, 9.17) is 4.43 Å². The fourth-order valence-corrected chi connectivity index (χ4v) is 2.96. The minimum absolute atomic E-state index is 0.0215. The van der Waals surface area contributed by atoms with Crippen LogP contribution in [-0.2, 0) is 9.84 Å². The van der Waals surface area contributed by atoms with Crippen LogP contribution in [0.2, 0.25) is 18.1 Å². The molecule has 0 saturated carbocycles. The Morgan fingerprint density at radius 2 is 1.74 bits per heavy atom. The van der Waals surface area contributed by atoms with E-state index >= 15 is 0 Å². The Labute approximate surface area is 127 Å². The summed E-state index contributed by atoms with van der Waals surface area (Å²) in [5.41, 5.74) is 1.19. The zero-order chi connectivity index (χ0) is 14.9. The van der Waals surface area contributed by atoms with E-state index in [9.17, 15) is 0 Å². The summed E-state index contributed by atoms with van der Waals surface area (Å²) < 4.78 is 7.37. The number of pyridine rings is 1. The van der Waals surface area contributed by atoms with E-state index in [0.717, 1.165) is 11.1 Å². The normalized spacial score (nSPS) is 13.7. The van der Waals surface area contributed by atoms with Crippen molar-refractivity contribution in [2.75, 3.05) is 6.61 Å². The van der Waals surface area contributed by atoms with E-state index in [1.54, 1.807) is 0 Å². The van der Waals surface area contributed by atoms with Gasteiger partial charge in [-0.2, -0.15) is 0 Å². The Morgan fingerprint density at radius 3 is 2.21 bits per heavy atom. The Balaban J connectivity index is 2.82. The average molecular weight is 344 g/mol. The summed E-state index contributed by atoms with van der Waals surface area (Å²) in [6.07, 6.45) is 3.74. The molecule has 0 radical (unpaired) electrons. The maximum atomic E-state index is 6.35. The Morgan fingerprint density at radius 1 is 1.16 bits per heavy atom. The quantitative estimate of drug-likeness (QED) is 0.705. The largest absolute Gasteiger partial charge is 0.416 e. The molecule has 19 heavy (non-hydrogen) atoms. The second kappa shape index (κ2) is 5.66. The summed E-state index contributed by atoms with van der Waals surface area (Å²) in [5, 5.41) is 0.249. The first kappa shape index (κ1) is 16.9. The standard InChI is InChI=1S/C15H26BrNOSi/c1-14(2,3)19(6,7)18-11-15(4,5)12-8-13(16)10-17-9-12/h8-10H,11H2,1-7H3. The topological polar surface area (TPSA) is 22.1 Å². The molecular formula is C15H26BrNOSi. The number of nitrogens with zero attached hydrogens (tertiary/aromatic N) is 1. The van der Waals surface area contributed by atoms with Crippen LogP contribution in [0.25, 0.3) is 0 Å². The van der Waals surface area contributed by atoms with E-state index in [-0.39, 0.29) is 10.5 Å². The fourth-order valence-electron chi connectivity index (χ4n) is 1.44. The molecule has 1 rings (SSSR count). The third kappa shape index (κ3) is 4.40. The molecule has 0 aliphatic carbocycles. The minimum atomic E-state index is -1.69. The summed E-state index contributed by atoms with van der Waals surface area (Å²) in [6.45, 7) is 16.6. The van der Waals surface area contributed by atoms with Gasteiger partial charge in [0.25, 0.3) is 0 Å². The molecule has 0 saturated heterocycles. The summed E-state index contributed by atoms with van der Waals surface area (Å²) in [4.78, 5) is 4.25. The van der Waals surface area contributed by atoms with Gasteiger partial charge in [-0.1, -0.05) is 34.6 Å². The highest BCUT2D eigenvalue weighted by atomic mass is 79.9. The van der Waals surface area contributed by atoms with Crippen LogP contribution in [0.5, 0.6) is 0 Å². The van der Waals surface area contributed by atoms with Gasteiger partial charge in [0.1, 0.15) is 0 Å². The van der Waals surface area contributed by atoms with E-state index < -0.39 is 8.32 Å². The first-order chi connectivity index (χ1) is 8.46. The van der Waals surface area contributed by atoms with Gasteiger partial charge in [0.15, 0.2) is 8.32 Å². The third-order valence-electron chi connectivity index (χ3n) is 4.09. The van der Waals surface area contributed by atoms with Crippen LogP contribution in [0.15, 0.2) is 22.9 Å². The first-order valence-electron chi connectivity index (χ1n) is 6.71. The van der Waals surface area contributed by atoms with Crippen molar-refractivity contribution in [3.05, 3.63) is 28.5 Å². The number of hydrogen-bond donors (Lipinski definition) is 0. The van der Waals surface area contributed by atoms with Crippen molar-refractivity contribution in [1.29, 1.82) is 0 Å². The summed E-state index contributed by atoms with van der Waals surface area (Å²) >= 11 is 3.48. The lowest BCUT2D eigenvalue weighted by Gasteiger charge is -2.39. The van der Waals surface area contributed by atoms with Crippen molar-refractivity contribution >= 4 is 24.2 Å². The van der Waals surface area contributed by atoms with Gasteiger partial charge in [0.05, 0.1) is 0 Å². The molecule has 108 valence electrons. The van der Waals surface area contributed by atoms with E-state index in [0.29, 0.717) is 0 Å². The van der Waals surface area contributed by atoms with E-state index in [2.05, 4.69) is 74.7 Å². The van der Waals surface area contributed by atoms with Crippen molar-refractivity contribution < 1.29 is 4.43 Å². The van der Waals surface area contributed by atoms with Crippen LogP contribution in [-0.4, -0.2) is 19.9 Å². The number of hydrogen-bond acceptors (Lipinski definition) is 2. The van der Waals surface area contributed by atoms with Gasteiger partial charge in [0, 0.05) is 28.9 Å². The molecule has 0 aromatic carbocycles. The van der Waals surface area contributed by atoms with Crippen molar-refractivity contribution in [2.45, 2.75) is 58.2 Å². The molecule has 0 aliphatic heterocycles. The average Bonchev–Trinajstić information content (AvgIpc) is 2.25. The first-order valence-corrected chi connectivity index (χ1v) is 10.4. The number of aromatic nitrogens is 1. The summed E-state index contributed by atoms with van der Waals surface area (Å²) in [7, 11) is -1.69. The van der Waals surface area contributed by atoms with Gasteiger partial charge in [-0.25, -0.2) is 0 Å². The predicted octanol–water partition coefficient (Wildman–Crippen LogP) is 5.14. The van der Waals surface area contributed by atoms with Crippen LogP contribution < -0.4 is 0 Å². The second-order valence-corrected chi connectivity index (χ2v) is 13.0. The summed E-state index contributed by atoms with van der Waals surface area (Å²) in [6, 6.07) is 2.13. The van der Waals surface area contributed by atoms with Crippen molar-refractivity contribution in [1.82, 2.24) is 4.98 Å². The molecule has 1 heterocycles. The van der Waals surface area contributed by atoms with Crippen molar-refractivity contribution in [3.63, 3.8) is 0 Å². The van der Waals surface area contributed by atoms with Gasteiger partial charge in [0.2, 0.25) is 0 Å². The monoisotopic (exact) mass is 343 g/mol. The second-order valence-electron chi connectivity index (χ2n) is 7.32. The maximum absolute atomic E-state index is 6.35. The van der Waals surface area contributed by atoms with Crippen molar-refractivity contribution in [2.24, 2.45) is 0 Å². The van der Waals surface area contributed by atoms with Crippen LogP contribution in [0.1, 0.15) is 40.2 Å². The summed E-state index contributed by atoms with van der Waals surface area (Å²) in [5.74, 6) is 0. The molecule has 2 nitrogen and oxygen atoms in total. The van der Waals surface area contributed by atoms with Crippen LogP contribution in [0.4, 0.5) is 0 Å².